The minimum atomic E-state index is -0.351. The number of carbonyl (C=O) groups is 1. The molecule has 2 amide bonds. The monoisotopic (exact) mass is 263 g/mol. The second-order valence-corrected chi connectivity index (χ2v) is 4.08. The predicted molar refractivity (Wildman–Crippen MR) is 68.4 cm³/mol. The first-order chi connectivity index (χ1) is 9.13. The van der Waals surface area contributed by atoms with Gasteiger partial charge in [-0.25, -0.2) is 9.18 Å². The number of aryl methyl sites for hydroxylation is 1. The number of rotatable bonds is 4. The Morgan fingerprint density at radius 3 is 2.74 bits per heavy atom. The predicted octanol–water partition coefficient (Wildman–Crippen LogP) is 2.49. The van der Waals surface area contributed by atoms with Crippen LogP contribution in [0.2, 0.25) is 0 Å². The van der Waals surface area contributed by atoms with Crippen molar-refractivity contribution in [1.29, 1.82) is 0 Å². The largest absolute Gasteiger partial charge is 0.360 e. The molecule has 0 radical (unpaired) electrons. The number of amides is 2. The van der Waals surface area contributed by atoms with Gasteiger partial charge in [-0.15, -0.1) is 0 Å². The summed E-state index contributed by atoms with van der Waals surface area (Å²) in [5, 5.41) is 8.86. The van der Waals surface area contributed by atoms with E-state index in [-0.39, 0.29) is 11.8 Å². The van der Waals surface area contributed by atoms with Crippen molar-refractivity contribution in [2.75, 3.05) is 11.9 Å². The number of nitrogens with zero attached hydrogens (tertiary/aromatic N) is 1. The fourth-order valence-electron chi connectivity index (χ4n) is 1.56. The van der Waals surface area contributed by atoms with Gasteiger partial charge < -0.3 is 9.84 Å². The van der Waals surface area contributed by atoms with Crippen LogP contribution in [0.5, 0.6) is 0 Å². The van der Waals surface area contributed by atoms with E-state index in [0.29, 0.717) is 24.5 Å². The van der Waals surface area contributed by atoms with Crippen LogP contribution in [0.25, 0.3) is 0 Å². The molecule has 2 aromatic rings. The van der Waals surface area contributed by atoms with E-state index in [1.54, 1.807) is 25.1 Å². The molecule has 0 spiro atoms. The molecule has 0 bridgehead atoms. The molecule has 2 rings (SSSR count). The Balaban J connectivity index is 1.73. The highest BCUT2D eigenvalue weighted by Gasteiger charge is 2.05. The van der Waals surface area contributed by atoms with E-state index in [9.17, 15) is 9.18 Å². The number of aromatic nitrogens is 1. The number of carbonyl (C=O) groups excluding carboxylic acids is 1. The smallest absolute Gasteiger partial charge is 0.320 e. The summed E-state index contributed by atoms with van der Waals surface area (Å²) in [4.78, 5) is 11.5. The summed E-state index contributed by atoms with van der Waals surface area (Å²) >= 11 is 0. The van der Waals surface area contributed by atoms with Crippen molar-refractivity contribution in [2.24, 2.45) is 0 Å². The van der Waals surface area contributed by atoms with Gasteiger partial charge in [-0.2, -0.15) is 0 Å². The highest BCUT2D eigenvalue weighted by Crippen LogP contribution is 2.06. The van der Waals surface area contributed by atoms with Gasteiger partial charge in [0, 0.05) is 12.6 Å². The van der Waals surface area contributed by atoms with Crippen LogP contribution in [-0.2, 0) is 6.42 Å². The van der Waals surface area contributed by atoms with Crippen LogP contribution in [0.3, 0.4) is 0 Å². The van der Waals surface area contributed by atoms with Crippen molar-refractivity contribution >= 4 is 11.8 Å². The van der Waals surface area contributed by atoms with Crippen LogP contribution in [-0.4, -0.2) is 17.7 Å². The molecule has 0 aliphatic heterocycles. The first-order valence-electron chi connectivity index (χ1n) is 5.86. The molecule has 0 saturated heterocycles. The van der Waals surface area contributed by atoms with Crippen molar-refractivity contribution in [2.45, 2.75) is 13.3 Å². The lowest BCUT2D eigenvalue weighted by atomic mass is 10.1. The second-order valence-electron chi connectivity index (χ2n) is 4.08. The first-order valence-corrected chi connectivity index (χ1v) is 5.86. The van der Waals surface area contributed by atoms with Crippen molar-refractivity contribution in [3.8, 4) is 0 Å². The summed E-state index contributed by atoms with van der Waals surface area (Å²) in [5.41, 5.74) is 0.957. The zero-order valence-corrected chi connectivity index (χ0v) is 10.4. The molecule has 6 heteroatoms. The van der Waals surface area contributed by atoms with Gasteiger partial charge in [0.25, 0.3) is 0 Å². The normalized spacial score (nSPS) is 10.2. The van der Waals surface area contributed by atoms with Crippen molar-refractivity contribution in [3.63, 3.8) is 0 Å². The zero-order chi connectivity index (χ0) is 13.7. The minimum Gasteiger partial charge on any atom is -0.360 e. The topological polar surface area (TPSA) is 67.2 Å². The maximum Gasteiger partial charge on any atom is 0.320 e. The highest BCUT2D eigenvalue weighted by atomic mass is 19.1. The van der Waals surface area contributed by atoms with Crippen molar-refractivity contribution < 1.29 is 13.7 Å². The molecule has 2 N–H and O–H groups in total. The summed E-state index contributed by atoms with van der Waals surface area (Å²) in [6.07, 6.45) is 0.630. The summed E-state index contributed by atoms with van der Waals surface area (Å²) in [7, 11) is 0. The van der Waals surface area contributed by atoms with Gasteiger partial charge in [-0.3, -0.25) is 5.32 Å². The van der Waals surface area contributed by atoms with Crippen LogP contribution in [0.1, 0.15) is 11.3 Å². The van der Waals surface area contributed by atoms with E-state index in [4.69, 9.17) is 4.52 Å². The molecule has 1 aromatic carbocycles. The Morgan fingerprint density at radius 2 is 2.11 bits per heavy atom. The summed E-state index contributed by atoms with van der Waals surface area (Å²) in [6, 6.07) is 7.45. The van der Waals surface area contributed by atoms with Crippen LogP contribution in [0.15, 0.2) is 34.9 Å². The number of nitrogens with one attached hydrogen (secondary N) is 2. The molecule has 0 unspecified atom stereocenters. The second kappa shape index (κ2) is 5.99. The number of anilines is 1. The molecule has 100 valence electrons. The Morgan fingerprint density at radius 1 is 1.37 bits per heavy atom. The van der Waals surface area contributed by atoms with Gasteiger partial charge >= 0.3 is 6.03 Å². The quantitative estimate of drug-likeness (QED) is 0.890. The summed E-state index contributed by atoms with van der Waals surface area (Å²) < 4.78 is 17.5. The Hall–Kier alpha value is -2.37. The number of halogens is 1. The maximum atomic E-state index is 12.7. The van der Waals surface area contributed by atoms with Gasteiger partial charge in [-0.1, -0.05) is 17.3 Å². The van der Waals surface area contributed by atoms with Crippen molar-refractivity contribution in [3.05, 3.63) is 47.5 Å². The molecule has 0 atom stereocenters. The van der Waals surface area contributed by atoms with Crippen molar-refractivity contribution in [1.82, 2.24) is 10.5 Å². The standard InChI is InChI=1S/C13H14FN3O2/c1-9-8-12(17-19-9)16-13(18)15-7-6-10-2-4-11(14)5-3-10/h2-5,8H,6-7H2,1H3,(H2,15,16,17,18). The van der Waals surface area contributed by atoms with Gasteiger partial charge in [0.2, 0.25) is 0 Å². The number of hydrogen-bond acceptors (Lipinski definition) is 3. The van der Waals surface area contributed by atoms with Crippen LogP contribution in [0, 0.1) is 12.7 Å². The Kier molecular flexibility index (Phi) is 4.12. The Labute approximate surface area is 109 Å². The van der Waals surface area contributed by atoms with E-state index < -0.39 is 0 Å². The Bertz CT molecular complexity index is 551. The van der Waals surface area contributed by atoms with Crippen LogP contribution in [0.4, 0.5) is 15.0 Å². The number of hydrogen-bond donors (Lipinski definition) is 2. The third-order valence-electron chi connectivity index (χ3n) is 2.48. The summed E-state index contributed by atoms with van der Waals surface area (Å²) in [5.74, 6) is 0.731. The van der Waals surface area contributed by atoms with Gasteiger partial charge in [0.05, 0.1) is 0 Å². The molecule has 0 fully saturated rings. The number of benzene rings is 1. The van der Waals surface area contributed by atoms with Gasteiger partial charge in [0.15, 0.2) is 5.82 Å². The molecule has 1 aromatic heterocycles. The molecule has 1 heterocycles. The average Bonchev–Trinajstić information content (AvgIpc) is 2.77. The fraction of sp³-hybridized carbons (Fsp3) is 0.231. The first kappa shape index (κ1) is 13.1. The maximum absolute atomic E-state index is 12.7. The molecule has 0 aliphatic rings. The molecule has 0 aliphatic carbocycles. The summed E-state index contributed by atoms with van der Waals surface area (Å²) in [6.45, 7) is 2.19. The van der Waals surface area contributed by atoms with E-state index in [2.05, 4.69) is 15.8 Å². The molecule has 0 saturated carbocycles. The third kappa shape index (κ3) is 4.09. The molecular weight excluding hydrogens is 249 g/mol. The van der Waals surface area contributed by atoms with Crippen LogP contribution >= 0.6 is 0 Å². The lowest BCUT2D eigenvalue weighted by Gasteiger charge is -2.05. The van der Waals surface area contributed by atoms with E-state index in [1.807, 2.05) is 0 Å². The third-order valence-corrected chi connectivity index (χ3v) is 2.48. The van der Waals surface area contributed by atoms with E-state index >= 15 is 0 Å². The lowest BCUT2D eigenvalue weighted by Crippen LogP contribution is -2.30. The van der Waals surface area contributed by atoms with Gasteiger partial charge in [-0.05, 0) is 31.0 Å². The average molecular weight is 263 g/mol. The highest BCUT2D eigenvalue weighted by molar-refractivity contribution is 5.88. The zero-order valence-electron chi connectivity index (χ0n) is 10.4. The van der Waals surface area contributed by atoms with E-state index in [0.717, 1.165) is 5.56 Å². The molecular formula is C13H14FN3O2. The van der Waals surface area contributed by atoms with E-state index in [1.165, 1.54) is 12.1 Å². The SMILES string of the molecule is Cc1cc(NC(=O)NCCc2ccc(F)cc2)no1. The minimum absolute atomic E-state index is 0.268. The number of urea groups is 1. The molecule has 5 nitrogen and oxygen atoms in total. The fourth-order valence-corrected chi connectivity index (χ4v) is 1.56. The molecule has 19 heavy (non-hydrogen) atoms. The van der Waals surface area contributed by atoms with Gasteiger partial charge in [0.1, 0.15) is 11.6 Å². The lowest BCUT2D eigenvalue weighted by molar-refractivity contribution is 0.252. The van der Waals surface area contributed by atoms with Crippen LogP contribution < -0.4 is 10.6 Å².